The van der Waals surface area contributed by atoms with Crippen molar-refractivity contribution >= 4 is 11.3 Å². The van der Waals surface area contributed by atoms with E-state index in [-0.39, 0.29) is 5.92 Å². The van der Waals surface area contributed by atoms with Crippen LogP contribution in [0.4, 0.5) is 13.2 Å². The first-order valence-electron chi connectivity index (χ1n) is 6.49. The summed E-state index contributed by atoms with van der Waals surface area (Å²) < 4.78 is 37.6. The molecule has 0 aliphatic heterocycles. The third-order valence-electron chi connectivity index (χ3n) is 4.14. The van der Waals surface area contributed by atoms with Crippen LogP contribution in [0.25, 0.3) is 0 Å². The fourth-order valence-corrected chi connectivity index (χ4v) is 3.46. The monoisotopic (exact) mass is 276 g/mol. The van der Waals surface area contributed by atoms with Gasteiger partial charge < -0.3 is 0 Å². The highest BCUT2D eigenvalue weighted by atomic mass is 32.1. The summed E-state index contributed by atoms with van der Waals surface area (Å²) >= 11 is 1.73. The average Bonchev–Trinajstić information content (AvgIpc) is 2.83. The summed E-state index contributed by atoms with van der Waals surface area (Å²) in [6, 6.07) is 4.14. The van der Waals surface area contributed by atoms with Crippen LogP contribution in [0.3, 0.4) is 0 Å². The molecule has 1 aliphatic carbocycles. The van der Waals surface area contributed by atoms with Crippen molar-refractivity contribution in [2.24, 2.45) is 17.8 Å². The van der Waals surface area contributed by atoms with E-state index in [0.717, 1.165) is 19.3 Å². The Hall–Kier alpha value is -0.510. The lowest BCUT2D eigenvalue weighted by Crippen LogP contribution is -2.22. The van der Waals surface area contributed by atoms with Gasteiger partial charge in [-0.25, -0.2) is 0 Å². The van der Waals surface area contributed by atoms with Crippen LogP contribution in [0.2, 0.25) is 0 Å². The fraction of sp³-hybridized carbons (Fsp3) is 0.714. The molecule has 1 heterocycles. The second-order valence-corrected chi connectivity index (χ2v) is 6.46. The second-order valence-electron chi connectivity index (χ2n) is 5.48. The Balaban J connectivity index is 1.74. The molecule has 0 N–H and O–H groups in total. The number of thiophene rings is 1. The first-order valence-corrected chi connectivity index (χ1v) is 7.37. The van der Waals surface area contributed by atoms with Gasteiger partial charge >= 0.3 is 6.18 Å². The molecule has 0 saturated heterocycles. The van der Waals surface area contributed by atoms with Gasteiger partial charge in [-0.3, -0.25) is 0 Å². The van der Waals surface area contributed by atoms with Gasteiger partial charge in [0.25, 0.3) is 0 Å². The van der Waals surface area contributed by atoms with Crippen LogP contribution in [0.1, 0.15) is 43.9 Å². The van der Waals surface area contributed by atoms with Gasteiger partial charge in [-0.15, -0.1) is 11.3 Å². The number of hydrogen-bond acceptors (Lipinski definition) is 1. The van der Waals surface area contributed by atoms with Gasteiger partial charge in [-0.2, -0.15) is 13.2 Å². The quantitative estimate of drug-likeness (QED) is 0.669. The van der Waals surface area contributed by atoms with Gasteiger partial charge in [-0.1, -0.05) is 19.9 Å². The largest absolute Gasteiger partial charge is 0.391 e. The van der Waals surface area contributed by atoms with Crippen LogP contribution in [-0.2, 0) is 0 Å². The number of halogens is 3. The van der Waals surface area contributed by atoms with E-state index in [1.165, 1.54) is 11.8 Å². The lowest BCUT2D eigenvalue weighted by Gasteiger charge is -2.15. The number of rotatable bonds is 5. The van der Waals surface area contributed by atoms with E-state index >= 15 is 0 Å². The van der Waals surface area contributed by atoms with Crippen LogP contribution in [-0.4, -0.2) is 6.18 Å². The third-order valence-corrected chi connectivity index (χ3v) is 5.24. The zero-order valence-electron chi connectivity index (χ0n) is 10.7. The Morgan fingerprint density at radius 3 is 2.67 bits per heavy atom. The lowest BCUT2D eigenvalue weighted by atomic mass is 9.98. The van der Waals surface area contributed by atoms with Gasteiger partial charge in [0.2, 0.25) is 0 Å². The summed E-state index contributed by atoms with van der Waals surface area (Å²) in [5.41, 5.74) is 0. The van der Waals surface area contributed by atoms with Crippen molar-refractivity contribution in [3.63, 3.8) is 0 Å². The molecule has 0 bridgehead atoms. The molecule has 1 fully saturated rings. The minimum Gasteiger partial charge on any atom is -0.171 e. The Kier molecular flexibility index (Phi) is 4.05. The summed E-state index contributed by atoms with van der Waals surface area (Å²) in [4.78, 5) is 1.34. The molecular weight excluding hydrogens is 257 g/mol. The molecule has 0 aromatic carbocycles. The Morgan fingerprint density at radius 1 is 1.39 bits per heavy atom. The van der Waals surface area contributed by atoms with Crippen LogP contribution in [0, 0.1) is 17.8 Å². The third kappa shape index (κ3) is 3.28. The van der Waals surface area contributed by atoms with Crippen LogP contribution >= 0.6 is 11.3 Å². The minimum absolute atomic E-state index is 0.125. The minimum atomic E-state index is -4.02. The van der Waals surface area contributed by atoms with E-state index in [2.05, 4.69) is 18.4 Å². The second kappa shape index (κ2) is 5.24. The smallest absolute Gasteiger partial charge is 0.171 e. The van der Waals surface area contributed by atoms with E-state index < -0.39 is 12.1 Å². The maximum atomic E-state index is 12.5. The van der Waals surface area contributed by atoms with Gasteiger partial charge in [0.15, 0.2) is 0 Å². The topological polar surface area (TPSA) is 0 Å². The van der Waals surface area contributed by atoms with Gasteiger partial charge in [0, 0.05) is 4.88 Å². The molecular formula is C14H19F3S. The van der Waals surface area contributed by atoms with Crippen LogP contribution < -0.4 is 0 Å². The van der Waals surface area contributed by atoms with Crippen molar-refractivity contribution in [1.82, 2.24) is 0 Å². The molecule has 4 heteroatoms. The van der Waals surface area contributed by atoms with Crippen LogP contribution in [0.15, 0.2) is 17.5 Å². The van der Waals surface area contributed by atoms with E-state index in [9.17, 15) is 13.2 Å². The van der Waals surface area contributed by atoms with E-state index in [4.69, 9.17) is 0 Å². The van der Waals surface area contributed by atoms with E-state index in [1.54, 1.807) is 11.3 Å². The molecule has 0 amide bonds. The maximum absolute atomic E-state index is 12.5. The molecule has 2 rings (SSSR count). The Labute approximate surface area is 110 Å². The molecule has 18 heavy (non-hydrogen) atoms. The predicted molar refractivity (Wildman–Crippen MR) is 68.8 cm³/mol. The standard InChI is InChI=1S/C14H19F3S/c1-9(13-4-3-7-18-13)5-6-11-8-12(11)10(2)14(15,16)17/h3-4,7,9-12H,5-6,8H2,1-2H3. The molecule has 4 atom stereocenters. The number of hydrogen-bond donors (Lipinski definition) is 0. The van der Waals surface area contributed by atoms with Gasteiger partial charge in [0.1, 0.15) is 0 Å². The zero-order chi connectivity index (χ0) is 13.3. The summed E-state index contributed by atoms with van der Waals surface area (Å²) in [6.45, 7) is 3.49. The summed E-state index contributed by atoms with van der Waals surface area (Å²) in [5, 5.41) is 2.05. The molecule has 102 valence electrons. The molecule has 0 spiro atoms. The first-order chi connectivity index (χ1) is 8.39. The van der Waals surface area contributed by atoms with Gasteiger partial charge in [0.05, 0.1) is 5.92 Å². The zero-order valence-corrected chi connectivity index (χ0v) is 11.5. The molecule has 4 unspecified atom stereocenters. The SMILES string of the molecule is CC(CCC1CC1C(C)C(F)(F)F)c1cccs1. The summed E-state index contributed by atoms with van der Waals surface area (Å²) in [5.74, 6) is -0.475. The fourth-order valence-electron chi connectivity index (χ4n) is 2.64. The van der Waals surface area contributed by atoms with Crippen LogP contribution in [0.5, 0.6) is 0 Å². The highest BCUT2D eigenvalue weighted by molar-refractivity contribution is 7.10. The summed E-state index contributed by atoms with van der Waals surface area (Å²) in [6.07, 6.45) is -1.31. The molecule has 0 radical (unpaired) electrons. The molecule has 0 nitrogen and oxygen atoms in total. The Morgan fingerprint density at radius 2 is 2.11 bits per heavy atom. The average molecular weight is 276 g/mol. The van der Waals surface area contributed by atoms with E-state index in [1.807, 2.05) is 6.07 Å². The molecule has 1 aromatic rings. The first kappa shape index (κ1) is 13.9. The predicted octanol–water partition coefficient (Wildman–Crippen LogP) is 5.47. The lowest BCUT2D eigenvalue weighted by molar-refractivity contribution is -0.176. The van der Waals surface area contributed by atoms with E-state index in [0.29, 0.717) is 11.8 Å². The Bertz CT molecular complexity index is 369. The van der Waals surface area contributed by atoms with Crippen molar-refractivity contribution in [3.8, 4) is 0 Å². The number of alkyl halides is 3. The maximum Gasteiger partial charge on any atom is 0.391 e. The van der Waals surface area contributed by atoms with Crippen molar-refractivity contribution in [3.05, 3.63) is 22.4 Å². The normalized spacial score (nSPS) is 26.9. The van der Waals surface area contributed by atoms with Gasteiger partial charge in [-0.05, 0) is 48.5 Å². The molecule has 1 aliphatic rings. The highest BCUT2D eigenvalue weighted by Gasteiger charge is 2.51. The summed E-state index contributed by atoms with van der Waals surface area (Å²) in [7, 11) is 0. The van der Waals surface area contributed by atoms with Crippen molar-refractivity contribution in [1.29, 1.82) is 0 Å². The highest BCUT2D eigenvalue weighted by Crippen LogP contribution is 2.52. The van der Waals surface area contributed by atoms with Crippen molar-refractivity contribution < 1.29 is 13.2 Å². The molecule has 1 aromatic heterocycles. The molecule has 1 saturated carbocycles. The van der Waals surface area contributed by atoms with Crippen molar-refractivity contribution in [2.75, 3.05) is 0 Å². The van der Waals surface area contributed by atoms with Crippen molar-refractivity contribution in [2.45, 2.75) is 45.2 Å².